The van der Waals surface area contributed by atoms with Crippen molar-refractivity contribution in [3.63, 3.8) is 0 Å². The Bertz CT molecular complexity index is 981. The van der Waals surface area contributed by atoms with Crippen LogP contribution in [0.3, 0.4) is 0 Å². The third-order valence-corrected chi connectivity index (χ3v) is 6.68. The standard InChI is InChI=1S/C18H20N2O5S/c1-12-14(15-8-5-6-10-16(15)19-13(2)21)9-7-11-17(12)26(24,25)18(3,4)20(22)23/h5-11H,1-4H3,(H,19,21). The van der Waals surface area contributed by atoms with Crippen LogP contribution in [0.1, 0.15) is 26.3 Å². The van der Waals surface area contributed by atoms with Crippen LogP contribution in [-0.4, -0.2) is 24.1 Å². The summed E-state index contributed by atoms with van der Waals surface area (Å²) in [5.74, 6) is -0.256. The second-order valence-corrected chi connectivity index (χ2v) is 8.81. The van der Waals surface area contributed by atoms with Crippen molar-refractivity contribution in [2.75, 3.05) is 5.32 Å². The molecule has 0 radical (unpaired) electrons. The summed E-state index contributed by atoms with van der Waals surface area (Å²) in [7, 11) is -4.22. The summed E-state index contributed by atoms with van der Waals surface area (Å²) in [5.41, 5.74) is 2.14. The molecule has 0 atom stereocenters. The Labute approximate surface area is 152 Å². The summed E-state index contributed by atoms with van der Waals surface area (Å²) in [6.45, 7) is 5.12. The maximum Gasteiger partial charge on any atom is 0.317 e. The van der Waals surface area contributed by atoms with Crippen LogP contribution in [0.25, 0.3) is 11.1 Å². The van der Waals surface area contributed by atoms with Gasteiger partial charge in [-0.1, -0.05) is 30.3 Å². The normalized spacial score (nSPS) is 11.8. The third-order valence-electron chi connectivity index (χ3n) is 4.20. The monoisotopic (exact) mass is 376 g/mol. The van der Waals surface area contributed by atoms with E-state index in [9.17, 15) is 23.3 Å². The van der Waals surface area contributed by atoms with Crippen LogP contribution in [-0.2, 0) is 14.6 Å². The number of nitro groups is 1. The zero-order chi connectivity index (χ0) is 19.7. The predicted octanol–water partition coefficient (Wildman–Crippen LogP) is 3.41. The van der Waals surface area contributed by atoms with Crippen LogP contribution in [0.4, 0.5) is 5.69 Å². The molecule has 0 spiro atoms. The topological polar surface area (TPSA) is 106 Å². The number of sulfone groups is 1. The van der Waals surface area contributed by atoms with E-state index in [1.807, 2.05) is 0 Å². The number of carbonyl (C=O) groups excluding carboxylic acids is 1. The van der Waals surface area contributed by atoms with E-state index in [-0.39, 0.29) is 10.8 Å². The minimum absolute atomic E-state index is 0.102. The van der Waals surface area contributed by atoms with Gasteiger partial charge in [0.15, 0.2) is 0 Å². The smallest absolute Gasteiger partial charge is 0.317 e. The Hall–Kier alpha value is -2.74. The van der Waals surface area contributed by atoms with Crippen LogP contribution in [0, 0.1) is 17.0 Å². The van der Waals surface area contributed by atoms with E-state index >= 15 is 0 Å². The SMILES string of the molecule is CC(=O)Nc1ccccc1-c1cccc(S(=O)(=O)C(C)(C)[N+](=O)[O-])c1C. The van der Waals surface area contributed by atoms with E-state index in [2.05, 4.69) is 5.32 Å². The van der Waals surface area contributed by atoms with Gasteiger partial charge in [0.2, 0.25) is 15.7 Å². The number of amides is 1. The molecule has 2 aromatic rings. The zero-order valence-electron chi connectivity index (χ0n) is 14.9. The minimum Gasteiger partial charge on any atom is -0.326 e. The number of rotatable bonds is 5. The molecule has 26 heavy (non-hydrogen) atoms. The first-order valence-electron chi connectivity index (χ1n) is 7.86. The molecule has 2 rings (SSSR count). The number of hydrogen-bond acceptors (Lipinski definition) is 5. The van der Waals surface area contributed by atoms with Crippen LogP contribution in [0.15, 0.2) is 47.4 Å². The summed E-state index contributed by atoms with van der Waals surface area (Å²) in [6, 6.07) is 11.6. The summed E-state index contributed by atoms with van der Waals surface area (Å²) in [6.07, 6.45) is 0. The summed E-state index contributed by atoms with van der Waals surface area (Å²) in [5, 5.41) is 14.0. The Balaban J connectivity index is 2.70. The van der Waals surface area contributed by atoms with Gasteiger partial charge in [-0.05, 0) is 30.2 Å². The number of hydrogen-bond donors (Lipinski definition) is 1. The van der Waals surface area contributed by atoms with Crippen molar-refractivity contribution in [3.8, 4) is 11.1 Å². The molecule has 1 amide bonds. The first-order valence-corrected chi connectivity index (χ1v) is 9.34. The molecule has 0 aromatic heterocycles. The van der Waals surface area contributed by atoms with E-state index < -0.39 is 19.6 Å². The molecule has 8 heteroatoms. The largest absolute Gasteiger partial charge is 0.326 e. The fraction of sp³-hybridized carbons (Fsp3) is 0.278. The fourth-order valence-electron chi connectivity index (χ4n) is 2.58. The molecule has 0 heterocycles. The van der Waals surface area contributed by atoms with Gasteiger partial charge in [0, 0.05) is 36.9 Å². The first-order chi connectivity index (χ1) is 12.0. The molecule has 2 aromatic carbocycles. The molecule has 138 valence electrons. The van der Waals surface area contributed by atoms with E-state index in [0.29, 0.717) is 22.4 Å². The second-order valence-electron chi connectivity index (χ2n) is 6.36. The van der Waals surface area contributed by atoms with Gasteiger partial charge in [-0.2, -0.15) is 0 Å². The quantitative estimate of drug-likeness (QED) is 0.636. The van der Waals surface area contributed by atoms with Gasteiger partial charge in [-0.3, -0.25) is 14.9 Å². The van der Waals surface area contributed by atoms with Gasteiger partial charge in [-0.15, -0.1) is 0 Å². The molecular formula is C18H20N2O5S. The van der Waals surface area contributed by atoms with E-state index in [1.54, 1.807) is 37.3 Å². The average molecular weight is 376 g/mol. The number of para-hydroxylation sites is 1. The van der Waals surface area contributed by atoms with Crippen molar-refractivity contribution >= 4 is 21.4 Å². The molecule has 0 unspecified atom stereocenters. The van der Waals surface area contributed by atoms with Crippen LogP contribution >= 0.6 is 0 Å². The van der Waals surface area contributed by atoms with Gasteiger partial charge < -0.3 is 5.32 Å². The van der Waals surface area contributed by atoms with Crippen molar-refractivity contribution in [2.45, 2.75) is 37.5 Å². The van der Waals surface area contributed by atoms with Crippen molar-refractivity contribution in [3.05, 3.63) is 58.1 Å². The van der Waals surface area contributed by atoms with Gasteiger partial charge in [0.05, 0.1) is 4.90 Å². The lowest BCUT2D eigenvalue weighted by Crippen LogP contribution is -2.40. The molecule has 0 bridgehead atoms. The van der Waals surface area contributed by atoms with E-state index in [1.165, 1.54) is 19.1 Å². The molecule has 0 fully saturated rings. The lowest BCUT2D eigenvalue weighted by molar-refractivity contribution is -0.531. The van der Waals surface area contributed by atoms with E-state index in [0.717, 1.165) is 13.8 Å². The molecule has 0 saturated carbocycles. The molecular weight excluding hydrogens is 356 g/mol. The van der Waals surface area contributed by atoms with Crippen LogP contribution in [0.5, 0.6) is 0 Å². The Morgan fingerprint density at radius 3 is 2.23 bits per heavy atom. The molecule has 0 aliphatic rings. The summed E-state index contributed by atoms with van der Waals surface area (Å²) < 4.78 is 25.7. The Morgan fingerprint density at radius 1 is 1.08 bits per heavy atom. The van der Waals surface area contributed by atoms with Gasteiger partial charge >= 0.3 is 4.87 Å². The van der Waals surface area contributed by atoms with Crippen molar-refractivity contribution in [2.24, 2.45) is 0 Å². The number of benzene rings is 2. The maximum atomic E-state index is 12.9. The molecule has 0 aliphatic heterocycles. The molecule has 1 N–H and O–H groups in total. The van der Waals surface area contributed by atoms with Crippen molar-refractivity contribution in [1.82, 2.24) is 0 Å². The average Bonchev–Trinajstić information content (AvgIpc) is 2.54. The molecule has 7 nitrogen and oxygen atoms in total. The fourth-order valence-corrected chi connectivity index (χ4v) is 4.09. The number of nitrogens with zero attached hydrogens (tertiary/aromatic N) is 1. The molecule has 0 aliphatic carbocycles. The highest BCUT2D eigenvalue weighted by atomic mass is 32.2. The third kappa shape index (κ3) is 3.32. The summed E-state index contributed by atoms with van der Waals surface area (Å²) in [4.78, 5) is 19.6. The highest BCUT2D eigenvalue weighted by Gasteiger charge is 2.48. The summed E-state index contributed by atoms with van der Waals surface area (Å²) >= 11 is 0. The Morgan fingerprint density at radius 2 is 1.65 bits per heavy atom. The van der Waals surface area contributed by atoms with Gasteiger partial charge in [0.25, 0.3) is 0 Å². The first kappa shape index (κ1) is 19.6. The van der Waals surface area contributed by atoms with E-state index in [4.69, 9.17) is 0 Å². The van der Waals surface area contributed by atoms with Crippen LogP contribution in [0.2, 0.25) is 0 Å². The predicted molar refractivity (Wildman–Crippen MR) is 99.2 cm³/mol. The van der Waals surface area contributed by atoms with Gasteiger partial charge in [0.1, 0.15) is 0 Å². The second kappa shape index (κ2) is 6.87. The lowest BCUT2D eigenvalue weighted by atomic mass is 9.99. The molecule has 0 saturated heterocycles. The lowest BCUT2D eigenvalue weighted by Gasteiger charge is -2.20. The number of carbonyl (C=O) groups is 1. The maximum absolute atomic E-state index is 12.9. The van der Waals surface area contributed by atoms with Crippen molar-refractivity contribution < 1.29 is 18.1 Å². The number of nitrogens with one attached hydrogen (secondary N) is 1. The zero-order valence-corrected chi connectivity index (χ0v) is 15.8. The Kier molecular flexibility index (Phi) is 5.18. The minimum atomic E-state index is -4.22. The van der Waals surface area contributed by atoms with Crippen molar-refractivity contribution in [1.29, 1.82) is 0 Å². The highest BCUT2D eigenvalue weighted by Crippen LogP contribution is 2.36. The highest BCUT2D eigenvalue weighted by molar-refractivity contribution is 7.92. The van der Waals surface area contributed by atoms with Gasteiger partial charge in [-0.25, -0.2) is 8.42 Å². The van der Waals surface area contributed by atoms with Crippen LogP contribution < -0.4 is 5.32 Å². The number of anilines is 1.